The van der Waals surface area contributed by atoms with Gasteiger partial charge in [0.25, 0.3) is 0 Å². The Bertz CT molecular complexity index is 439. The summed E-state index contributed by atoms with van der Waals surface area (Å²) in [6.45, 7) is 0. The lowest BCUT2D eigenvalue weighted by Gasteiger charge is -2.32. The van der Waals surface area contributed by atoms with Crippen LogP contribution in [0.15, 0.2) is 28.4 Å². The molecule has 0 aromatic heterocycles. The lowest BCUT2D eigenvalue weighted by Crippen LogP contribution is -2.47. The van der Waals surface area contributed by atoms with Crippen molar-refractivity contribution in [2.75, 3.05) is 7.11 Å². The molecule has 0 aromatic carbocycles. The molecule has 2 aliphatic rings. The molecule has 6 heteroatoms. The Morgan fingerprint density at radius 3 is 3.06 bits per heavy atom. The molecule has 0 spiro atoms. The number of nitrogens with zero attached hydrogens (tertiary/aromatic N) is 2. The molecule has 0 aromatic rings. The Hall–Kier alpha value is -1.62. The smallest absolute Gasteiger partial charge is 0.329 e. The maximum absolute atomic E-state index is 11.5. The molecular weight excluding hydrogens is 232 g/mol. The van der Waals surface area contributed by atoms with Crippen molar-refractivity contribution in [3.05, 3.63) is 23.4 Å². The van der Waals surface area contributed by atoms with E-state index in [1.165, 1.54) is 7.11 Å². The van der Waals surface area contributed by atoms with Gasteiger partial charge < -0.3 is 9.64 Å². The van der Waals surface area contributed by atoms with Gasteiger partial charge in [0.15, 0.2) is 0 Å². The van der Waals surface area contributed by atoms with Gasteiger partial charge in [-0.3, -0.25) is 4.79 Å². The molecule has 0 radical (unpaired) electrons. The third kappa shape index (κ3) is 1.86. The van der Waals surface area contributed by atoms with Gasteiger partial charge in [0.2, 0.25) is 5.91 Å². The van der Waals surface area contributed by atoms with Gasteiger partial charge in [-0.25, -0.2) is 4.79 Å². The molecule has 2 aliphatic heterocycles. The van der Waals surface area contributed by atoms with Gasteiger partial charge >= 0.3 is 5.97 Å². The molecule has 0 N–H and O–H groups in total. The molecule has 0 bridgehead atoms. The number of amides is 1. The summed E-state index contributed by atoms with van der Waals surface area (Å²) >= 11 is 5.83. The zero-order valence-electron chi connectivity index (χ0n) is 8.51. The quantitative estimate of drug-likeness (QED) is 0.637. The zero-order valence-corrected chi connectivity index (χ0v) is 9.27. The second kappa shape index (κ2) is 4.09. The number of halogens is 1. The van der Waals surface area contributed by atoms with E-state index in [4.69, 9.17) is 11.6 Å². The van der Waals surface area contributed by atoms with Gasteiger partial charge in [-0.2, -0.15) is 4.99 Å². The Balaban J connectivity index is 2.36. The standard InChI is InChI=1S/C10H9ClN2O3/c1-16-10(15)7-4-9(14)12-8-3-2-6(11)5-13(7)8/h2-3,5,7H,4H2,1H3. The van der Waals surface area contributed by atoms with Gasteiger partial charge in [0.1, 0.15) is 11.9 Å². The van der Waals surface area contributed by atoms with E-state index in [1.807, 2.05) is 0 Å². The maximum Gasteiger partial charge on any atom is 0.329 e. The maximum atomic E-state index is 11.5. The Kier molecular flexibility index (Phi) is 2.78. The molecule has 0 saturated carbocycles. The molecule has 5 nitrogen and oxygen atoms in total. The zero-order chi connectivity index (χ0) is 11.7. The molecule has 1 atom stereocenters. The van der Waals surface area contributed by atoms with E-state index in [0.29, 0.717) is 10.9 Å². The first kappa shape index (κ1) is 10.9. The van der Waals surface area contributed by atoms with Crippen LogP contribution < -0.4 is 0 Å². The van der Waals surface area contributed by atoms with Crippen molar-refractivity contribution < 1.29 is 14.3 Å². The minimum absolute atomic E-state index is 0.00465. The van der Waals surface area contributed by atoms with Gasteiger partial charge in [-0.05, 0) is 12.2 Å². The highest BCUT2D eigenvalue weighted by Gasteiger charge is 2.34. The number of amidine groups is 1. The monoisotopic (exact) mass is 240 g/mol. The second-order valence-corrected chi connectivity index (χ2v) is 3.80. The Morgan fingerprint density at radius 1 is 1.62 bits per heavy atom. The third-order valence-electron chi connectivity index (χ3n) is 2.33. The van der Waals surface area contributed by atoms with Crippen molar-refractivity contribution in [3.8, 4) is 0 Å². The Labute approximate surface area is 97.0 Å². The summed E-state index contributed by atoms with van der Waals surface area (Å²) in [5.74, 6) is -0.398. The number of ether oxygens (including phenoxy) is 1. The summed E-state index contributed by atoms with van der Waals surface area (Å²) in [5.41, 5.74) is 0. The van der Waals surface area contributed by atoms with Gasteiger partial charge in [0, 0.05) is 6.20 Å². The number of methoxy groups -OCH3 is 1. The third-order valence-corrected chi connectivity index (χ3v) is 2.56. The summed E-state index contributed by atoms with van der Waals surface area (Å²) < 4.78 is 4.64. The van der Waals surface area contributed by atoms with Gasteiger partial charge in [0.05, 0.1) is 18.6 Å². The van der Waals surface area contributed by atoms with Crippen LogP contribution in [0.3, 0.4) is 0 Å². The van der Waals surface area contributed by atoms with E-state index in [9.17, 15) is 9.59 Å². The first-order valence-corrected chi connectivity index (χ1v) is 5.02. The van der Waals surface area contributed by atoms with Crippen molar-refractivity contribution in [2.45, 2.75) is 12.5 Å². The summed E-state index contributed by atoms with van der Waals surface area (Å²) in [6.07, 6.45) is 4.78. The van der Waals surface area contributed by atoms with E-state index >= 15 is 0 Å². The minimum Gasteiger partial charge on any atom is -0.467 e. The normalized spacial score (nSPS) is 23.5. The number of fused-ring (bicyclic) bond motifs is 1. The highest BCUT2D eigenvalue weighted by molar-refractivity contribution is 6.32. The van der Waals surface area contributed by atoms with Crippen LogP contribution in [0.2, 0.25) is 0 Å². The van der Waals surface area contributed by atoms with E-state index in [2.05, 4.69) is 9.73 Å². The lowest BCUT2D eigenvalue weighted by molar-refractivity contribution is -0.146. The van der Waals surface area contributed by atoms with E-state index in [0.717, 1.165) is 0 Å². The summed E-state index contributed by atoms with van der Waals surface area (Å²) in [5, 5.41) is 0.474. The fraction of sp³-hybridized carbons (Fsp3) is 0.300. The SMILES string of the molecule is COC(=O)C1CC(=O)N=C2C=CC(Cl)=CN21. The van der Waals surface area contributed by atoms with Crippen LogP contribution in [0, 0.1) is 0 Å². The van der Waals surface area contributed by atoms with Gasteiger partial charge in [-0.15, -0.1) is 0 Å². The predicted molar refractivity (Wildman–Crippen MR) is 57.8 cm³/mol. The Morgan fingerprint density at radius 2 is 2.38 bits per heavy atom. The van der Waals surface area contributed by atoms with Crippen LogP contribution in [0.5, 0.6) is 0 Å². The van der Waals surface area contributed by atoms with E-state index in [-0.39, 0.29) is 12.3 Å². The second-order valence-electron chi connectivity index (χ2n) is 3.36. The molecule has 16 heavy (non-hydrogen) atoms. The molecule has 0 saturated heterocycles. The number of rotatable bonds is 1. The van der Waals surface area contributed by atoms with Crippen LogP contribution in [0.4, 0.5) is 0 Å². The van der Waals surface area contributed by atoms with Crippen LogP contribution in [0.25, 0.3) is 0 Å². The van der Waals surface area contributed by atoms with Crippen molar-refractivity contribution in [2.24, 2.45) is 4.99 Å². The number of aliphatic imine (C=N–C) groups is 1. The summed E-state index contributed by atoms with van der Waals surface area (Å²) in [6, 6.07) is -0.677. The largest absolute Gasteiger partial charge is 0.467 e. The lowest BCUT2D eigenvalue weighted by atomic mass is 10.1. The van der Waals surface area contributed by atoms with E-state index in [1.54, 1.807) is 23.3 Å². The van der Waals surface area contributed by atoms with Crippen molar-refractivity contribution in [1.29, 1.82) is 0 Å². The minimum atomic E-state index is -0.677. The van der Waals surface area contributed by atoms with Crippen LogP contribution in [-0.2, 0) is 14.3 Å². The molecule has 2 rings (SSSR count). The fourth-order valence-corrected chi connectivity index (χ4v) is 1.77. The molecule has 0 fully saturated rings. The van der Waals surface area contributed by atoms with Crippen LogP contribution in [-0.4, -0.2) is 35.8 Å². The van der Waals surface area contributed by atoms with Crippen molar-refractivity contribution in [3.63, 3.8) is 0 Å². The molecule has 1 amide bonds. The van der Waals surface area contributed by atoms with Crippen molar-refractivity contribution in [1.82, 2.24) is 4.90 Å². The molecule has 2 heterocycles. The summed E-state index contributed by atoms with van der Waals surface area (Å²) in [7, 11) is 1.28. The average molecular weight is 241 g/mol. The van der Waals surface area contributed by atoms with Crippen molar-refractivity contribution >= 4 is 29.3 Å². The number of hydrogen-bond acceptors (Lipinski definition) is 4. The van der Waals surface area contributed by atoms with Crippen LogP contribution >= 0.6 is 11.6 Å². The number of allylic oxidation sites excluding steroid dienone is 2. The van der Waals surface area contributed by atoms with Gasteiger partial charge in [-0.1, -0.05) is 11.6 Å². The molecular formula is C10H9ClN2O3. The highest BCUT2D eigenvalue weighted by atomic mass is 35.5. The summed E-state index contributed by atoms with van der Waals surface area (Å²) in [4.78, 5) is 28.2. The van der Waals surface area contributed by atoms with Crippen LogP contribution in [0.1, 0.15) is 6.42 Å². The molecule has 1 unspecified atom stereocenters. The number of hydrogen-bond donors (Lipinski definition) is 0. The fourth-order valence-electron chi connectivity index (χ4n) is 1.60. The molecule has 0 aliphatic carbocycles. The number of carbonyl (C=O) groups is 2. The first-order chi connectivity index (χ1) is 7.61. The molecule has 84 valence electrons. The number of carbonyl (C=O) groups excluding carboxylic acids is 2. The topological polar surface area (TPSA) is 59.0 Å². The number of esters is 1. The van der Waals surface area contributed by atoms with E-state index < -0.39 is 12.0 Å². The predicted octanol–water partition coefficient (Wildman–Crippen LogP) is 0.809. The average Bonchev–Trinajstić information content (AvgIpc) is 2.27. The first-order valence-electron chi connectivity index (χ1n) is 4.65. The highest BCUT2D eigenvalue weighted by Crippen LogP contribution is 2.22.